The van der Waals surface area contributed by atoms with E-state index < -0.39 is 5.54 Å². The average molecular weight is 213 g/mol. The van der Waals surface area contributed by atoms with Crippen LogP contribution < -0.4 is 5.73 Å². The van der Waals surface area contributed by atoms with Crippen molar-refractivity contribution >= 4 is 0 Å². The molecule has 0 amide bonds. The summed E-state index contributed by atoms with van der Waals surface area (Å²) in [5.41, 5.74) is 5.43. The highest BCUT2D eigenvalue weighted by Crippen LogP contribution is 2.21. The van der Waals surface area contributed by atoms with Gasteiger partial charge in [0, 0.05) is 6.61 Å². The molecule has 2 atom stereocenters. The van der Waals surface area contributed by atoms with Crippen molar-refractivity contribution in [3.05, 3.63) is 11.7 Å². The molecular formula is C10H19N3O2. The van der Waals surface area contributed by atoms with Gasteiger partial charge in [0.1, 0.15) is 6.10 Å². The number of hydrogen-bond donors (Lipinski definition) is 1. The Morgan fingerprint density at radius 1 is 1.53 bits per heavy atom. The molecule has 2 unspecified atom stereocenters. The van der Waals surface area contributed by atoms with E-state index in [2.05, 4.69) is 10.1 Å². The Bertz CT molecular complexity index is 309. The molecule has 5 heteroatoms. The number of ether oxygens (including phenoxy) is 1. The Balaban J connectivity index is 2.80. The Hall–Kier alpha value is -0.940. The standard InChI is InChI=1S/C10H19N3O2/c1-5-10(4,11)9-12-8(13-15-9)7(3)14-6-2/h7H,5-6,11H2,1-4H3. The maximum atomic E-state index is 5.99. The summed E-state index contributed by atoms with van der Waals surface area (Å²) in [4.78, 5) is 4.24. The summed E-state index contributed by atoms with van der Waals surface area (Å²) in [6.45, 7) is 8.29. The number of rotatable bonds is 5. The van der Waals surface area contributed by atoms with Gasteiger partial charge in [0.15, 0.2) is 5.82 Å². The van der Waals surface area contributed by atoms with Crippen molar-refractivity contribution < 1.29 is 9.26 Å². The minimum atomic E-state index is -0.558. The molecule has 15 heavy (non-hydrogen) atoms. The zero-order valence-electron chi connectivity index (χ0n) is 9.78. The topological polar surface area (TPSA) is 74.2 Å². The van der Waals surface area contributed by atoms with Crippen LogP contribution in [0.3, 0.4) is 0 Å². The third-order valence-electron chi connectivity index (χ3n) is 2.45. The molecule has 2 N–H and O–H groups in total. The molecule has 0 bridgehead atoms. The van der Waals surface area contributed by atoms with Crippen LogP contribution in [0.2, 0.25) is 0 Å². The second kappa shape index (κ2) is 4.72. The first kappa shape index (κ1) is 12.1. The third-order valence-corrected chi connectivity index (χ3v) is 2.45. The number of nitrogens with two attached hydrogens (primary N) is 1. The number of nitrogens with zero attached hydrogens (tertiary/aromatic N) is 2. The lowest BCUT2D eigenvalue weighted by Gasteiger charge is -2.16. The van der Waals surface area contributed by atoms with Gasteiger partial charge in [-0.25, -0.2) is 0 Å². The highest BCUT2D eigenvalue weighted by molar-refractivity contribution is 5.00. The fourth-order valence-corrected chi connectivity index (χ4v) is 1.11. The first-order valence-electron chi connectivity index (χ1n) is 5.25. The monoisotopic (exact) mass is 213 g/mol. The van der Waals surface area contributed by atoms with Crippen LogP contribution in [0.4, 0.5) is 0 Å². The van der Waals surface area contributed by atoms with E-state index >= 15 is 0 Å². The molecule has 5 nitrogen and oxygen atoms in total. The smallest absolute Gasteiger partial charge is 0.246 e. The Morgan fingerprint density at radius 3 is 2.73 bits per heavy atom. The molecule has 0 spiro atoms. The SMILES string of the molecule is CCOC(C)c1noc(C(C)(N)CC)n1. The van der Waals surface area contributed by atoms with Gasteiger partial charge in [-0.2, -0.15) is 4.98 Å². The lowest BCUT2D eigenvalue weighted by molar-refractivity contribution is 0.0683. The molecule has 0 aliphatic carbocycles. The minimum absolute atomic E-state index is 0.153. The van der Waals surface area contributed by atoms with Gasteiger partial charge in [-0.1, -0.05) is 12.1 Å². The molecule has 86 valence electrons. The summed E-state index contributed by atoms with van der Waals surface area (Å²) in [5.74, 6) is 1.02. The van der Waals surface area contributed by atoms with E-state index in [1.165, 1.54) is 0 Å². The first-order chi connectivity index (χ1) is 7.01. The number of hydrogen-bond acceptors (Lipinski definition) is 5. The van der Waals surface area contributed by atoms with Crippen LogP contribution >= 0.6 is 0 Å². The van der Waals surface area contributed by atoms with E-state index in [9.17, 15) is 0 Å². The van der Waals surface area contributed by atoms with Gasteiger partial charge in [0.2, 0.25) is 5.89 Å². The largest absolute Gasteiger partial charge is 0.371 e. The van der Waals surface area contributed by atoms with Gasteiger partial charge in [-0.05, 0) is 27.2 Å². The maximum Gasteiger partial charge on any atom is 0.246 e. The molecule has 0 aromatic carbocycles. The van der Waals surface area contributed by atoms with Gasteiger partial charge < -0.3 is 15.0 Å². The van der Waals surface area contributed by atoms with Crippen molar-refractivity contribution in [2.75, 3.05) is 6.61 Å². The Labute approximate surface area is 90.0 Å². The van der Waals surface area contributed by atoms with Crippen molar-refractivity contribution in [2.24, 2.45) is 5.73 Å². The normalized spacial score (nSPS) is 17.4. The second-order valence-electron chi connectivity index (χ2n) is 3.83. The van der Waals surface area contributed by atoms with E-state index in [4.69, 9.17) is 15.0 Å². The highest BCUT2D eigenvalue weighted by atomic mass is 16.5. The fourth-order valence-electron chi connectivity index (χ4n) is 1.11. The maximum absolute atomic E-state index is 5.99. The molecule has 1 aromatic rings. The first-order valence-corrected chi connectivity index (χ1v) is 5.25. The van der Waals surface area contributed by atoms with E-state index in [0.29, 0.717) is 18.3 Å². The van der Waals surface area contributed by atoms with E-state index in [1.54, 1.807) is 0 Å². The lowest BCUT2D eigenvalue weighted by atomic mass is 10.0. The van der Waals surface area contributed by atoms with E-state index in [1.807, 2.05) is 27.7 Å². The van der Waals surface area contributed by atoms with Crippen molar-refractivity contribution in [1.82, 2.24) is 10.1 Å². The zero-order chi connectivity index (χ0) is 11.5. The zero-order valence-corrected chi connectivity index (χ0v) is 9.78. The molecule has 1 aromatic heterocycles. The number of aromatic nitrogens is 2. The van der Waals surface area contributed by atoms with Gasteiger partial charge in [-0.3, -0.25) is 0 Å². The van der Waals surface area contributed by atoms with E-state index in [-0.39, 0.29) is 6.10 Å². The lowest BCUT2D eigenvalue weighted by Crippen LogP contribution is -2.32. The fraction of sp³-hybridized carbons (Fsp3) is 0.800. The van der Waals surface area contributed by atoms with Crippen LogP contribution in [0.5, 0.6) is 0 Å². The van der Waals surface area contributed by atoms with Crippen molar-refractivity contribution in [2.45, 2.75) is 45.8 Å². The molecule has 1 heterocycles. The Morgan fingerprint density at radius 2 is 2.20 bits per heavy atom. The summed E-state index contributed by atoms with van der Waals surface area (Å²) in [6.07, 6.45) is 0.595. The predicted octanol–water partition coefficient (Wildman–Crippen LogP) is 1.75. The summed E-state index contributed by atoms with van der Waals surface area (Å²) in [6, 6.07) is 0. The molecule has 0 radical (unpaired) electrons. The van der Waals surface area contributed by atoms with Crippen molar-refractivity contribution in [1.29, 1.82) is 0 Å². The van der Waals surface area contributed by atoms with Crippen LogP contribution in [0.25, 0.3) is 0 Å². The molecule has 0 aliphatic heterocycles. The van der Waals surface area contributed by atoms with Crippen LogP contribution in [0.15, 0.2) is 4.52 Å². The minimum Gasteiger partial charge on any atom is -0.371 e. The molecule has 0 aliphatic rings. The van der Waals surface area contributed by atoms with Gasteiger partial charge in [-0.15, -0.1) is 0 Å². The summed E-state index contributed by atoms with van der Waals surface area (Å²) < 4.78 is 10.5. The molecule has 1 rings (SSSR count). The van der Waals surface area contributed by atoms with Crippen molar-refractivity contribution in [3.63, 3.8) is 0 Å². The second-order valence-corrected chi connectivity index (χ2v) is 3.83. The molecule has 0 saturated carbocycles. The predicted molar refractivity (Wildman–Crippen MR) is 56.2 cm³/mol. The van der Waals surface area contributed by atoms with Crippen molar-refractivity contribution in [3.8, 4) is 0 Å². The summed E-state index contributed by atoms with van der Waals surface area (Å²) in [7, 11) is 0. The summed E-state index contributed by atoms with van der Waals surface area (Å²) in [5, 5.41) is 3.86. The van der Waals surface area contributed by atoms with Gasteiger partial charge in [0.25, 0.3) is 0 Å². The summed E-state index contributed by atoms with van der Waals surface area (Å²) >= 11 is 0. The molecular weight excluding hydrogens is 194 g/mol. The van der Waals surface area contributed by atoms with Gasteiger partial charge >= 0.3 is 0 Å². The van der Waals surface area contributed by atoms with Crippen LogP contribution in [0.1, 0.15) is 51.9 Å². The third kappa shape index (κ3) is 2.76. The molecule has 0 saturated heterocycles. The highest BCUT2D eigenvalue weighted by Gasteiger charge is 2.27. The van der Waals surface area contributed by atoms with Crippen LogP contribution in [-0.2, 0) is 10.3 Å². The Kier molecular flexibility index (Phi) is 3.82. The molecule has 0 fully saturated rings. The van der Waals surface area contributed by atoms with Crippen LogP contribution in [-0.4, -0.2) is 16.7 Å². The quantitative estimate of drug-likeness (QED) is 0.806. The van der Waals surface area contributed by atoms with Gasteiger partial charge in [0.05, 0.1) is 5.54 Å². The average Bonchev–Trinajstić information content (AvgIpc) is 2.67. The van der Waals surface area contributed by atoms with Crippen LogP contribution in [0, 0.1) is 0 Å². The van der Waals surface area contributed by atoms with E-state index in [0.717, 1.165) is 6.42 Å².